The van der Waals surface area contributed by atoms with E-state index in [1.54, 1.807) is 10.8 Å². The van der Waals surface area contributed by atoms with Crippen molar-refractivity contribution in [2.75, 3.05) is 6.61 Å². The molecule has 1 atom stereocenters. The highest BCUT2D eigenvalue weighted by Crippen LogP contribution is 2.40. The lowest BCUT2D eigenvalue weighted by atomic mass is 9.80. The van der Waals surface area contributed by atoms with Gasteiger partial charge in [-0.3, -0.25) is 9.59 Å². The summed E-state index contributed by atoms with van der Waals surface area (Å²) >= 11 is 0. The number of hydrogen-bond acceptors (Lipinski definition) is 4. The van der Waals surface area contributed by atoms with Crippen molar-refractivity contribution in [3.8, 4) is 5.75 Å². The van der Waals surface area contributed by atoms with E-state index in [0.717, 1.165) is 18.4 Å². The molecule has 3 aliphatic heterocycles. The molecular formula is C20H20N2O4. The van der Waals surface area contributed by atoms with Crippen molar-refractivity contribution in [2.24, 2.45) is 5.92 Å². The minimum absolute atomic E-state index is 0.139. The van der Waals surface area contributed by atoms with Crippen molar-refractivity contribution in [1.82, 2.24) is 9.47 Å². The Labute approximate surface area is 150 Å². The summed E-state index contributed by atoms with van der Waals surface area (Å²) in [5, 5.41) is 0. The van der Waals surface area contributed by atoms with Crippen LogP contribution in [0.25, 0.3) is 0 Å². The van der Waals surface area contributed by atoms with E-state index in [0.29, 0.717) is 24.8 Å². The first-order valence-corrected chi connectivity index (χ1v) is 9.05. The fourth-order valence-electron chi connectivity index (χ4n) is 4.15. The van der Waals surface area contributed by atoms with Gasteiger partial charge >= 0.3 is 0 Å². The van der Waals surface area contributed by atoms with Crippen LogP contribution in [0.3, 0.4) is 0 Å². The highest BCUT2D eigenvalue weighted by atomic mass is 16.5. The van der Waals surface area contributed by atoms with Crippen LogP contribution in [0.4, 0.5) is 0 Å². The van der Waals surface area contributed by atoms with Gasteiger partial charge in [-0.15, -0.1) is 0 Å². The smallest absolute Gasteiger partial charge is 0.276 e. The zero-order valence-corrected chi connectivity index (χ0v) is 14.3. The van der Waals surface area contributed by atoms with E-state index < -0.39 is 0 Å². The second-order valence-corrected chi connectivity index (χ2v) is 7.28. The highest BCUT2D eigenvalue weighted by molar-refractivity contribution is 5.96. The summed E-state index contributed by atoms with van der Waals surface area (Å²) < 4.78 is 13.6. The van der Waals surface area contributed by atoms with E-state index in [-0.39, 0.29) is 36.0 Å². The summed E-state index contributed by atoms with van der Waals surface area (Å²) in [7, 11) is 0. The van der Waals surface area contributed by atoms with Gasteiger partial charge in [0.2, 0.25) is 5.43 Å². The molecule has 0 spiro atoms. The highest BCUT2D eigenvalue weighted by Gasteiger charge is 2.47. The van der Waals surface area contributed by atoms with Crippen molar-refractivity contribution in [3.63, 3.8) is 0 Å². The monoisotopic (exact) mass is 352 g/mol. The predicted octanol–water partition coefficient (Wildman–Crippen LogP) is 2.02. The molecule has 134 valence electrons. The van der Waals surface area contributed by atoms with Gasteiger partial charge in [0.15, 0.2) is 17.7 Å². The molecule has 6 heteroatoms. The Kier molecular flexibility index (Phi) is 3.60. The second-order valence-electron chi connectivity index (χ2n) is 7.28. The van der Waals surface area contributed by atoms with Gasteiger partial charge in [0.25, 0.3) is 5.91 Å². The number of ether oxygens (including phenoxy) is 2. The van der Waals surface area contributed by atoms with Gasteiger partial charge in [0, 0.05) is 18.3 Å². The molecule has 2 saturated heterocycles. The molecule has 26 heavy (non-hydrogen) atoms. The van der Waals surface area contributed by atoms with Crippen molar-refractivity contribution < 1.29 is 14.3 Å². The number of pyridine rings is 1. The van der Waals surface area contributed by atoms with Crippen LogP contribution in [-0.4, -0.2) is 34.3 Å². The molecule has 1 aromatic heterocycles. The lowest BCUT2D eigenvalue weighted by Crippen LogP contribution is -2.55. The molecule has 0 radical (unpaired) electrons. The van der Waals surface area contributed by atoms with Crippen LogP contribution < -0.4 is 10.2 Å². The number of rotatable bonds is 3. The molecule has 6 rings (SSSR count). The number of hydrogen-bond donors (Lipinski definition) is 0. The van der Waals surface area contributed by atoms with Crippen LogP contribution >= 0.6 is 0 Å². The minimum atomic E-state index is -0.263. The van der Waals surface area contributed by atoms with Gasteiger partial charge < -0.3 is 18.9 Å². The lowest BCUT2D eigenvalue weighted by Gasteiger charge is -2.43. The summed E-state index contributed by atoms with van der Waals surface area (Å²) in [5.74, 6) is 0.530. The maximum absolute atomic E-state index is 13.2. The topological polar surface area (TPSA) is 60.8 Å². The molecule has 1 aromatic carbocycles. The number of amides is 1. The summed E-state index contributed by atoms with van der Waals surface area (Å²) in [6, 6.07) is 11.3. The van der Waals surface area contributed by atoms with Crippen LogP contribution in [0, 0.1) is 5.92 Å². The van der Waals surface area contributed by atoms with Gasteiger partial charge in [-0.05, 0) is 24.3 Å². The largest absolute Gasteiger partial charge is 0.483 e. The maximum Gasteiger partial charge on any atom is 0.276 e. The fourth-order valence-corrected chi connectivity index (χ4v) is 4.15. The lowest BCUT2D eigenvalue weighted by molar-refractivity contribution is -0.0528. The number of benzene rings is 1. The van der Waals surface area contributed by atoms with Crippen LogP contribution in [-0.2, 0) is 17.9 Å². The Morgan fingerprint density at radius 3 is 2.73 bits per heavy atom. The normalized spacial score (nSPS) is 26.4. The first-order valence-electron chi connectivity index (χ1n) is 9.05. The third-order valence-electron chi connectivity index (χ3n) is 5.59. The Morgan fingerprint density at radius 1 is 1.12 bits per heavy atom. The van der Waals surface area contributed by atoms with E-state index >= 15 is 0 Å². The maximum atomic E-state index is 13.2. The van der Waals surface area contributed by atoms with Crippen LogP contribution in [0.15, 0.2) is 47.4 Å². The van der Waals surface area contributed by atoms with E-state index in [1.165, 1.54) is 6.07 Å². The molecule has 4 heterocycles. The molecule has 1 aliphatic carbocycles. The minimum Gasteiger partial charge on any atom is -0.483 e. The summed E-state index contributed by atoms with van der Waals surface area (Å²) in [6.45, 7) is 1.50. The summed E-state index contributed by atoms with van der Waals surface area (Å²) in [4.78, 5) is 27.5. The molecule has 4 aliphatic rings. The number of nitrogens with zero attached hydrogens (tertiary/aromatic N) is 2. The Balaban J connectivity index is 1.50. The van der Waals surface area contributed by atoms with E-state index in [9.17, 15) is 9.59 Å². The van der Waals surface area contributed by atoms with Gasteiger partial charge in [0.1, 0.15) is 6.61 Å². The van der Waals surface area contributed by atoms with Crippen LogP contribution in [0.1, 0.15) is 28.9 Å². The Bertz CT molecular complexity index is 902. The van der Waals surface area contributed by atoms with Gasteiger partial charge in [-0.1, -0.05) is 30.3 Å². The zero-order chi connectivity index (χ0) is 17.7. The average molecular weight is 352 g/mol. The summed E-state index contributed by atoms with van der Waals surface area (Å²) in [5.41, 5.74) is 1.04. The second kappa shape index (κ2) is 5.99. The van der Waals surface area contributed by atoms with Gasteiger partial charge in [-0.25, -0.2) is 0 Å². The van der Waals surface area contributed by atoms with Gasteiger partial charge in [0.05, 0.1) is 13.2 Å². The van der Waals surface area contributed by atoms with Crippen molar-refractivity contribution in [1.29, 1.82) is 0 Å². The van der Waals surface area contributed by atoms with Crippen LogP contribution in [0.2, 0.25) is 0 Å². The van der Waals surface area contributed by atoms with Crippen molar-refractivity contribution in [2.45, 2.75) is 38.3 Å². The number of fused-ring (bicyclic) bond motifs is 2. The molecule has 2 aromatic rings. The molecule has 1 amide bonds. The fraction of sp³-hybridized carbons (Fsp3) is 0.400. The first kappa shape index (κ1) is 15.6. The zero-order valence-electron chi connectivity index (χ0n) is 14.3. The molecule has 1 unspecified atom stereocenters. The van der Waals surface area contributed by atoms with E-state index in [4.69, 9.17) is 9.47 Å². The average Bonchev–Trinajstić information content (AvgIpc) is 2.91. The molecular weight excluding hydrogens is 332 g/mol. The Hall–Kier alpha value is -2.60. The third kappa shape index (κ3) is 2.44. The molecule has 0 N–H and O–H groups in total. The van der Waals surface area contributed by atoms with E-state index in [2.05, 4.69) is 0 Å². The quantitative estimate of drug-likeness (QED) is 0.848. The third-order valence-corrected chi connectivity index (χ3v) is 5.59. The van der Waals surface area contributed by atoms with Gasteiger partial charge in [-0.2, -0.15) is 0 Å². The standard InChI is InChI=1S/C20H20N2O4/c23-16-6-7-21-10-17-22(15-8-14(9-15)12-25-17)20(24)18(21)19(16)26-11-13-4-2-1-3-5-13/h1-7,14-15,17H,8-12H2. The van der Waals surface area contributed by atoms with Crippen molar-refractivity contribution >= 4 is 5.91 Å². The Morgan fingerprint density at radius 2 is 1.92 bits per heavy atom. The number of carbonyl (C=O) groups excluding carboxylic acids is 1. The molecule has 6 nitrogen and oxygen atoms in total. The molecule has 1 saturated carbocycles. The molecule has 3 fully saturated rings. The van der Waals surface area contributed by atoms with Crippen LogP contribution in [0.5, 0.6) is 5.75 Å². The number of carbonyl (C=O) groups is 1. The summed E-state index contributed by atoms with van der Waals surface area (Å²) in [6.07, 6.45) is 3.39. The van der Waals surface area contributed by atoms with E-state index in [1.807, 2.05) is 35.2 Å². The first-order chi connectivity index (χ1) is 12.7. The number of aromatic nitrogens is 1. The molecule has 2 bridgehead atoms. The SMILES string of the molecule is O=C1c2c(OCc3ccccc3)c(=O)ccn2CC2OCC3CC(C3)N12. The van der Waals surface area contributed by atoms with Crippen molar-refractivity contribution in [3.05, 3.63) is 64.1 Å². The predicted molar refractivity (Wildman–Crippen MR) is 93.9 cm³/mol.